The van der Waals surface area contributed by atoms with Gasteiger partial charge >= 0.3 is 0 Å². The summed E-state index contributed by atoms with van der Waals surface area (Å²) in [6, 6.07) is 0.441. The highest BCUT2D eigenvalue weighted by atomic mass is 32.2. The van der Waals surface area contributed by atoms with Crippen molar-refractivity contribution in [2.45, 2.75) is 52.1 Å². The molecule has 17 heavy (non-hydrogen) atoms. The molecule has 3 nitrogen and oxygen atoms in total. The Morgan fingerprint density at radius 1 is 1.53 bits per heavy atom. The van der Waals surface area contributed by atoms with Crippen LogP contribution in [0.5, 0.6) is 0 Å². The maximum atomic E-state index is 12.3. The maximum absolute atomic E-state index is 12.3. The van der Waals surface area contributed by atoms with Crippen molar-refractivity contribution in [3.63, 3.8) is 0 Å². The number of nitrogens with one attached hydrogen (secondary N) is 1. The number of likely N-dealkylation sites (tertiary alicyclic amines) is 1. The lowest BCUT2D eigenvalue weighted by Gasteiger charge is -2.36. The third-order valence-corrected chi connectivity index (χ3v) is 4.34. The predicted molar refractivity (Wildman–Crippen MR) is 75.5 cm³/mol. The van der Waals surface area contributed by atoms with E-state index < -0.39 is 0 Å². The van der Waals surface area contributed by atoms with E-state index in [1.165, 1.54) is 0 Å². The second kappa shape index (κ2) is 7.98. The summed E-state index contributed by atoms with van der Waals surface area (Å²) >= 11 is 1.92. The zero-order valence-corrected chi connectivity index (χ0v) is 12.2. The Kier molecular flexibility index (Phi) is 6.97. The Bertz CT molecular complexity index is 235. The molecule has 0 spiro atoms. The van der Waals surface area contributed by atoms with Gasteiger partial charge in [-0.25, -0.2) is 0 Å². The van der Waals surface area contributed by atoms with Crippen molar-refractivity contribution in [1.29, 1.82) is 0 Å². The number of carbonyl (C=O) groups excluding carboxylic acids is 1. The van der Waals surface area contributed by atoms with E-state index in [0.29, 0.717) is 11.9 Å². The highest BCUT2D eigenvalue weighted by Crippen LogP contribution is 2.17. The normalized spacial score (nSPS) is 22.9. The van der Waals surface area contributed by atoms with Crippen molar-refractivity contribution in [3.05, 3.63) is 0 Å². The summed E-state index contributed by atoms with van der Waals surface area (Å²) in [5.74, 6) is 2.50. The Morgan fingerprint density at radius 3 is 2.94 bits per heavy atom. The zero-order chi connectivity index (χ0) is 12.7. The summed E-state index contributed by atoms with van der Waals surface area (Å²) in [4.78, 5) is 14.4. The number of rotatable bonds is 7. The van der Waals surface area contributed by atoms with Crippen molar-refractivity contribution in [2.75, 3.05) is 24.6 Å². The molecule has 0 saturated carbocycles. The fourth-order valence-electron chi connectivity index (χ4n) is 2.22. The standard InChI is InChI=1S/C13H26N2OS/c1-4-8-14-12-7-6-9-15(13(12)16)11(3)10-17-5-2/h11-12,14H,4-10H2,1-3H3. The molecule has 1 heterocycles. The third kappa shape index (κ3) is 4.51. The molecule has 2 unspecified atom stereocenters. The monoisotopic (exact) mass is 258 g/mol. The first-order chi connectivity index (χ1) is 8.20. The lowest BCUT2D eigenvalue weighted by atomic mass is 10.0. The smallest absolute Gasteiger partial charge is 0.239 e. The molecule has 1 rings (SSSR count). The summed E-state index contributed by atoms with van der Waals surface area (Å²) < 4.78 is 0. The fourth-order valence-corrected chi connectivity index (χ4v) is 2.98. The molecule has 1 aliphatic rings. The molecule has 0 aromatic heterocycles. The Balaban J connectivity index is 2.46. The largest absolute Gasteiger partial charge is 0.338 e. The number of carbonyl (C=O) groups is 1. The molecule has 100 valence electrons. The maximum Gasteiger partial charge on any atom is 0.239 e. The molecule has 1 amide bonds. The predicted octanol–water partition coefficient (Wildman–Crippen LogP) is 2.12. The SMILES string of the molecule is CCCNC1CCCN(C(C)CSCC)C1=O. The highest BCUT2D eigenvalue weighted by Gasteiger charge is 2.30. The fraction of sp³-hybridized carbons (Fsp3) is 0.923. The van der Waals surface area contributed by atoms with E-state index in [1.54, 1.807) is 0 Å². The molecule has 1 fully saturated rings. The van der Waals surface area contributed by atoms with Gasteiger partial charge in [0.05, 0.1) is 6.04 Å². The van der Waals surface area contributed by atoms with Gasteiger partial charge < -0.3 is 10.2 Å². The van der Waals surface area contributed by atoms with E-state index >= 15 is 0 Å². The molecule has 1 saturated heterocycles. The van der Waals surface area contributed by atoms with Gasteiger partial charge in [-0.2, -0.15) is 11.8 Å². The Hall–Kier alpha value is -0.220. The first kappa shape index (κ1) is 14.8. The minimum atomic E-state index is 0.0674. The number of thioether (sulfide) groups is 1. The number of hydrogen-bond donors (Lipinski definition) is 1. The molecular formula is C13H26N2OS. The van der Waals surface area contributed by atoms with Crippen molar-refractivity contribution < 1.29 is 4.79 Å². The van der Waals surface area contributed by atoms with Gasteiger partial charge in [-0.15, -0.1) is 0 Å². The van der Waals surface area contributed by atoms with E-state index in [1.807, 2.05) is 11.8 Å². The van der Waals surface area contributed by atoms with Crippen LogP contribution in [0, 0.1) is 0 Å². The van der Waals surface area contributed by atoms with Crippen molar-refractivity contribution >= 4 is 17.7 Å². The second-order valence-electron chi connectivity index (χ2n) is 4.69. The number of amides is 1. The average Bonchev–Trinajstić information content (AvgIpc) is 2.34. The summed E-state index contributed by atoms with van der Waals surface area (Å²) in [7, 11) is 0. The summed E-state index contributed by atoms with van der Waals surface area (Å²) in [6.07, 6.45) is 3.22. The molecule has 4 heteroatoms. The van der Waals surface area contributed by atoms with E-state index in [-0.39, 0.29) is 6.04 Å². The Labute approximate surface area is 110 Å². The van der Waals surface area contributed by atoms with Crippen LogP contribution in [0.4, 0.5) is 0 Å². The number of piperidine rings is 1. The van der Waals surface area contributed by atoms with Gasteiger partial charge in [-0.3, -0.25) is 4.79 Å². The molecule has 0 bridgehead atoms. The van der Waals surface area contributed by atoms with E-state index in [0.717, 1.165) is 43.9 Å². The Morgan fingerprint density at radius 2 is 2.29 bits per heavy atom. The summed E-state index contributed by atoms with van der Waals surface area (Å²) in [5, 5.41) is 3.36. The quantitative estimate of drug-likeness (QED) is 0.759. The lowest BCUT2D eigenvalue weighted by Crippen LogP contribution is -2.54. The van der Waals surface area contributed by atoms with Gasteiger partial charge in [0.15, 0.2) is 0 Å². The highest BCUT2D eigenvalue weighted by molar-refractivity contribution is 7.99. The lowest BCUT2D eigenvalue weighted by molar-refractivity contribution is -0.137. The third-order valence-electron chi connectivity index (χ3n) is 3.21. The van der Waals surface area contributed by atoms with Crippen LogP contribution >= 0.6 is 11.8 Å². The first-order valence-electron chi connectivity index (χ1n) is 6.82. The molecule has 1 N–H and O–H groups in total. The second-order valence-corrected chi connectivity index (χ2v) is 6.01. The van der Waals surface area contributed by atoms with Gasteiger partial charge in [0.2, 0.25) is 5.91 Å². The van der Waals surface area contributed by atoms with Crippen LogP contribution in [0.25, 0.3) is 0 Å². The van der Waals surface area contributed by atoms with Crippen LogP contribution in [0.2, 0.25) is 0 Å². The van der Waals surface area contributed by atoms with E-state index in [2.05, 4.69) is 31.0 Å². The molecule has 0 aliphatic carbocycles. The molecule has 0 radical (unpaired) electrons. The van der Waals surface area contributed by atoms with Gasteiger partial charge in [0, 0.05) is 18.3 Å². The minimum absolute atomic E-state index is 0.0674. The van der Waals surface area contributed by atoms with Crippen LogP contribution in [-0.2, 0) is 4.79 Å². The van der Waals surface area contributed by atoms with E-state index in [9.17, 15) is 4.79 Å². The molecule has 0 aromatic rings. The molecule has 1 aliphatic heterocycles. The van der Waals surface area contributed by atoms with Crippen LogP contribution < -0.4 is 5.32 Å². The van der Waals surface area contributed by atoms with Gasteiger partial charge in [-0.05, 0) is 38.5 Å². The average molecular weight is 258 g/mol. The van der Waals surface area contributed by atoms with Gasteiger partial charge in [0.25, 0.3) is 0 Å². The van der Waals surface area contributed by atoms with Gasteiger partial charge in [0.1, 0.15) is 0 Å². The molecular weight excluding hydrogens is 232 g/mol. The van der Waals surface area contributed by atoms with Gasteiger partial charge in [-0.1, -0.05) is 13.8 Å². The zero-order valence-electron chi connectivity index (χ0n) is 11.4. The van der Waals surface area contributed by atoms with Crippen LogP contribution in [0.3, 0.4) is 0 Å². The molecule has 0 aromatic carbocycles. The summed E-state index contributed by atoms with van der Waals surface area (Å²) in [5.41, 5.74) is 0. The number of hydrogen-bond acceptors (Lipinski definition) is 3. The van der Waals surface area contributed by atoms with Crippen molar-refractivity contribution in [2.24, 2.45) is 0 Å². The minimum Gasteiger partial charge on any atom is -0.338 e. The first-order valence-corrected chi connectivity index (χ1v) is 7.97. The van der Waals surface area contributed by atoms with E-state index in [4.69, 9.17) is 0 Å². The van der Waals surface area contributed by atoms with Crippen LogP contribution in [-0.4, -0.2) is 47.5 Å². The van der Waals surface area contributed by atoms with Crippen molar-refractivity contribution in [3.8, 4) is 0 Å². The van der Waals surface area contributed by atoms with Crippen molar-refractivity contribution in [1.82, 2.24) is 10.2 Å². The number of nitrogens with zero attached hydrogens (tertiary/aromatic N) is 1. The topological polar surface area (TPSA) is 32.3 Å². The van der Waals surface area contributed by atoms with Crippen LogP contribution in [0.15, 0.2) is 0 Å². The summed E-state index contributed by atoms with van der Waals surface area (Å²) in [6.45, 7) is 8.36. The van der Waals surface area contributed by atoms with Crippen LogP contribution in [0.1, 0.15) is 40.0 Å². The molecule has 2 atom stereocenters.